The van der Waals surface area contributed by atoms with Gasteiger partial charge in [0.05, 0.1) is 5.69 Å². The first-order valence-electron chi connectivity index (χ1n) is 7.77. The molecule has 0 radical (unpaired) electrons. The number of esters is 1. The highest BCUT2D eigenvalue weighted by molar-refractivity contribution is 8.03. The molecule has 0 atom stereocenters. The lowest BCUT2D eigenvalue weighted by atomic mass is 10.1. The zero-order valence-corrected chi connectivity index (χ0v) is 14.9. The summed E-state index contributed by atoms with van der Waals surface area (Å²) in [6.45, 7) is 3.64. The number of carbonyl (C=O) groups excluding carboxylic acids is 2. The Bertz CT molecular complexity index is 719. The van der Waals surface area contributed by atoms with Gasteiger partial charge in [-0.3, -0.25) is 9.59 Å². The lowest BCUT2D eigenvalue weighted by molar-refractivity contribution is -0.147. The molecular formula is C18H20N2O3S. The molecule has 2 rings (SSSR count). The standard InChI is InChI=1S/C18H20N2O3S/c1-12(2)8-9-17(22)23-11-15(21)13(10-19)18-20(3)14-6-4-5-7-16(14)24-18/h4-7,12H,8-9,11H2,1-3H3/b18-13-. The van der Waals surface area contributed by atoms with Crippen molar-refractivity contribution in [2.45, 2.75) is 31.6 Å². The van der Waals surface area contributed by atoms with Gasteiger partial charge in [0.1, 0.15) is 16.7 Å². The third-order valence-electron chi connectivity index (χ3n) is 3.63. The van der Waals surface area contributed by atoms with Gasteiger partial charge in [0.2, 0.25) is 5.78 Å². The van der Waals surface area contributed by atoms with E-state index < -0.39 is 18.4 Å². The van der Waals surface area contributed by atoms with Crippen molar-refractivity contribution in [3.05, 3.63) is 34.9 Å². The minimum absolute atomic E-state index is 0.0235. The van der Waals surface area contributed by atoms with E-state index in [1.807, 2.05) is 56.1 Å². The van der Waals surface area contributed by atoms with Crippen molar-refractivity contribution in [2.75, 3.05) is 18.6 Å². The molecule has 0 saturated carbocycles. The Balaban J connectivity index is 2.05. The molecule has 1 heterocycles. The van der Waals surface area contributed by atoms with Gasteiger partial charge in [-0.25, -0.2) is 0 Å². The first-order chi connectivity index (χ1) is 11.4. The highest BCUT2D eigenvalue weighted by Gasteiger charge is 2.28. The number of anilines is 1. The SMILES string of the molecule is CC(C)CCC(=O)OCC(=O)/C(C#N)=C1\Sc2ccccc2N1C. The van der Waals surface area contributed by atoms with Crippen molar-refractivity contribution in [3.63, 3.8) is 0 Å². The summed E-state index contributed by atoms with van der Waals surface area (Å²) in [4.78, 5) is 26.7. The van der Waals surface area contributed by atoms with Gasteiger partial charge in [-0.15, -0.1) is 0 Å². The second kappa shape index (κ2) is 8.02. The number of carbonyl (C=O) groups is 2. The summed E-state index contributed by atoms with van der Waals surface area (Å²) in [7, 11) is 1.81. The highest BCUT2D eigenvalue weighted by Crippen LogP contribution is 2.46. The monoisotopic (exact) mass is 344 g/mol. The minimum atomic E-state index is -0.474. The predicted molar refractivity (Wildman–Crippen MR) is 93.4 cm³/mol. The number of nitriles is 1. The van der Waals surface area contributed by atoms with Crippen LogP contribution >= 0.6 is 11.8 Å². The number of hydrogen-bond donors (Lipinski definition) is 0. The lowest BCUT2D eigenvalue weighted by Gasteiger charge is -2.14. The zero-order valence-electron chi connectivity index (χ0n) is 14.0. The number of thioether (sulfide) groups is 1. The molecular weight excluding hydrogens is 324 g/mol. The maximum Gasteiger partial charge on any atom is 0.306 e. The fraction of sp³-hybridized carbons (Fsp3) is 0.389. The summed E-state index contributed by atoms with van der Waals surface area (Å²) in [6.07, 6.45) is 0.997. The van der Waals surface area contributed by atoms with Crippen molar-refractivity contribution < 1.29 is 14.3 Å². The van der Waals surface area contributed by atoms with Crippen molar-refractivity contribution in [3.8, 4) is 6.07 Å². The number of rotatable bonds is 6. The fourth-order valence-electron chi connectivity index (χ4n) is 2.25. The molecule has 24 heavy (non-hydrogen) atoms. The number of ketones is 1. The van der Waals surface area contributed by atoms with Crippen molar-refractivity contribution in [1.82, 2.24) is 0 Å². The van der Waals surface area contributed by atoms with E-state index in [9.17, 15) is 14.9 Å². The first kappa shape index (κ1) is 18.1. The molecule has 126 valence electrons. The molecule has 1 aromatic rings. The number of ether oxygens (including phenoxy) is 1. The predicted octanol–water partition coefficient (Wildman–Crippen LogP) is 3.51. The third kappa shape index (κ3) is 4.18. The average Bonchev–Trinajstić information content (AvgIpc) is 2.89. The molecule has 0 amide bonds. The van der Waals surface area contributed by atoms with Gasteiger partial charge in [-0.05, 0) is 24.5 Å². The number of hydrogen-bond acceptors (Lipinski definition) is 6. The van der Waals surface area contributed by atoms with Gasteiger partial charge in [-0.2, -0.15) is 5.26 Å². The van der Waals surface area contributed by atoms with Crippen LogP contribution in [0.5, 0.6) is 0 Å². The molecule has 0 spiro atoms. The number of para-hydroxylation sites is 1. The topological polar surface area (TPSA) is 70.4 Å². The van der Waals surface area contributed by atoms with Crippen LogP contribution in [0.2, 0.25) is 0 Å². The summed E-state index contributed by atoms with van der Waals surface area (Å²) in [6, 6.07) is 9.65. The Morgan fingerprint density at radius 3 is 2.67 bits per heavy atom. The van der Waals surface area contributed by atoms with E-state index in [1.54, 1.807) is 0 Å². The average molecular weight is 344 g/mol. The summed E-state index contributed by atoms with van der Waals surface area (Å²) in [5, 5.41) is 9.96. The number of Topliss-reactive ketones (excluding diaryl/α,β-unsaturated/α-hetero) is 1. The normalized spacial score (nSPS) is 15.0. The minimum Gasteiger partial charge on any atom is -0.457 e. The second-order valence-electron chi connectivity index (χ2n) is 5.94. The molecule has 0 fully saturated rings. The molecule has 0 aromatic heterocycles. The Kier molecular flexibility index (Phi) is 6.04. The first-order valence-corrected chi connectivity index (χ1v) is 8.59. The number of fused-ring (bicyclic) bond motifs is 1. The van der Waals surface area contributed by atoms with Gasteiger partial charge in [0.25, 0.3) is 0 Å². The largest absolute Gasteiger partial charge is 0.457 e. The maximum absolute atomic E-state index is 12.3. The van der Waals surface area contributed by atoms with Crippen LogP contribution in [0.3, 0.4) is 0 Å². The molecule has 0 saturated heterocycles. The number of nitrogens with zero attached hydrogens (tertiary/aromatic N) is 2. The van der Waals surface area contributed by atoms with Gasteiger partial charge >= 0.3 is 5.97 Å². The van der Waals surface area contributed by atoms with E-state index in [1.165, 1.54) is 11.8 Å². The van der Waals surface area contributed by atoms with Crippen LogP contribution < -0.4 is 4.90 Å². The molecule has 1 aliphatic rings. The smallest absolute Gasteiger partial charge is 0.306 e. The van der Waals surface area contributed by atoms with Crippen molar-refractivity contribution in [2.24, 2.45) is 5.92 Å². The van der Waals surface area contributed by atoms with Crippen molar-refractivity contribution in [1.29, 1.82) is 5.26 Å². The molecule has 1 aromatic carbocycles. The van der Waals surface area contributed by atoms with Crippen LogP contribution in [-0.4, -0.2) is 25.4 Å². The third-order valence-corrected chi connectivity index (χ3v) is 4.87. The Labute approximate surface area is 146 Å². The van der Waals surface area contributed by atoms with E-state index >= 15 is 0 Å². The van der Waals surface area contributed by atoms with Crippen LogP contribution in [0.15, 0.2) is 39.8 Å². The molecule has 0 aliphatic carbocycles. The van der Waals surface area contributed by atoms with E-state index in [0.717, 1.165) is 10.6 Å². The van der Waals surface area contributed by atoms with Gasteiger partial charge in [0, 0.05) is 18.4 Å². The van der Waals surface area contributed by atoms with Crippen LogP contribution in [0.1, 0.15) is 26.7 Å². The van der Waals surface area contributed by atoms with Crippen LogP contribution in [-0.2, 0) is 14.3 Å². The van der Waals surface area contributed by atoms with Crippen LogP contribution in [0, 0.1) is 17.2 Å². The van der Waals surface area contributed by atoms with Crippen molar-refractivity contribution >= 4 is 29.2 Å². The lowest BCUT2D eigenvalue weighted by Crippen LogP contribution is -2.20. The van der Waals surface area contributed by atoms with Crippen LogP contribution in [0.4, 0.5) is 5.69 Å². The Morgan fingerprint density at radius 1 is 1.33 bits per heavy atom. The molecule has 5 nitrogen and oxygen atoms in total. The molecule has 6 heteroatoms. The Morgan fingerprint density at radius 2 is 2.04 bits per heavy atom. The van der Waals surface area contributed by atoms with Gasteiger partial charge in [-0.1, -0.05) is 37.7 Å². The van der Waals surface area contributed by atoms with E-state index in [-0.39, 0.29) is 12.0 Å². The summed E-state index contributed by atoms with van der Waals surface area (Å²) in [5.41, 5.74) is 0.974. The van der Waals surface area contributed by atoms with E-state index in [4.69, 9.17) is 4.74 Å². The molecule has 0 bridgehead atoms. The summed E-state index contributed by atoms with van der Waals surface area (Å²) in [5.74, 6) is -0.486. The summed E-state index contributed by atoms with van der Waals surface area (Å²) >= 11 is 1.38. The molecule has 0 N–H and O–H groups in total. The maximum atomic E-state index is 12.3. The fourth-order valence-corrected chi connectivity index (χ4v) is 3.41. The quantitative estimate of drug-likeness (QED) is 0.447. The number of benzene rings is 1. The Hall–Kier alpha value is -2.26. The summed E-state index contributed by atoms with van der Waals surface area (Å²) < 4.78 is 5.01. The molecule has 1 aliphatic heterocycles. The highest BCUT2D eigenvalue weighted by atomic mass is 32.2. The second-order valence-corrected chi connectivity index (χ2v) is 6.97. The van der Waals surface area contributed by atoms with Crippen LogP contribution in [0.25, 0.3) is 0 Å². The zero-order chi connectivity index (χ0) is 17.7. The van der Waals surface area contributed by atoms with Gasteiger partial charge in [0.15, 0.2) is 6.61 Å². The van der Waals surface area contributed by atoms with Gasteiger partial charge < -0.3 is 9.64 Å². The molecule has 0 unspecified atom stereocenters. The van der Waals surface area contributed by atoms with E-state index in [2.05, 4.69) is 0 Å². The van der Waals surface area contributed by atoms with E-state index in [0.29, 0.717) is 17.4 Å².